The summed E-state index contributed by atoms with van der Waals surface area (Å²) in [5, 5.41) is 11.5. The molecule has 330 valence electrons. The van der Waals surface area contributed by atoms with Gasteiger partial charge in [0.2, 0.25) is 0 Å². The van der Waals surface area contributed by atoms with Crippen LogP contribution in [0.4, 0.5) is 0 Å². The van der Waals surface area contributed by atoms with E-state index in [4.69, 9.17) is 42.3 Å². The SMILES string of the molecule is NC(COCc1ccccc1)COCc1ccccc1.NC(Cc1ccccc1)C(=O)O.NCCCCCCCCNC(=O)c1ccccc1.NCCOCc1ccccc1. The number of carbonyl (C=O) groups is 2. The molecule has 11 nitrogen and oxygen atoms in total. The normalized spacial score (nSPS) is 10.8. The van der Waals surface area contributed by atoms with Gasteiger partial charge in [-0.1, -0.05) is 165 Å². The molecule has 10 N–H and O–H groups in total. The minimum absolute atomic E-state index is 0.0266. The lowest BCUT2D eigenvalue weighted by Gasteiger charge is -2.13. The Morgan fingerprint density at radius 2 is 0.902 bits per heavy atom. The van der Waals surface area contributed by atoms with Gasteiger partial charge in [0.25, 0.3) is 5.91 Å². The third-order valence-corrected chi connectivity index (χ3v) is 8.83. The summed E-state index contributed by atoms with van der Waals surface area (Å²) in [5.41, 5.74) is 27.2. The number of hydrogen-bond donors (Lipinski definition) is 6. The largest absolute Gasteiger partial charge is 0.480 e. The molecule has 1 unspecified atom stereocenters. The number of carboxylic acids is 1. The molecule has 0 spiro atoms. The number of nitrogens with two attached hydrogens (primary N) is 4. The van der Waals surface area contributed by atoms with Crippen molar-refractivity contribution >= 4 is 11.9 Å². The minimum atomic E-state index is -0.959. The lowest BCUT2D eigenvalue weighted by Crippen LogP contribution is -2.32. The van der Waals surface area contributed by atoms with Crippen molar-refractivity contribution in [1.29, 1.82) is 0 Å². The van der Waals surface area contributed by atoms with Gasteiger partial charge in [-0.25, -0.2) is 0 Å². The fourth-order valence-electron chi connectivity index (χ4n) is 5.53. The van der Waals surface area contributed by atoms with Crippen molar-refractivity contribution in [3.8, 4) is 0 Å². The maximum Gasteiger partial charge on any atom is 0.320 e. The Morgan fingerprint density at radius 3 is 1.33 bits per heavy atom. The molecule has 0 fully saturated rings. The Kier molecular flexibility index (Phi) is 30.2. The fraction of sp³-hybridized carbons (Fsp3) is 0.360. The Labute approximate surface area is 363 Å². The zero-order valence-corrected chi connectivity index (χ0v) is 35.7. The van der Waals surface area contributed by atoms with Gasteiger partial charge < -0.3 is 47.6 Å². The molecule has 5 aromatic carbocycles. The van der Waals surface area contributed by atoms with Crippen molar-refractivity contribution in [1.82, 2.24) is 5.32 Å². The Balaban J connectivity index is 0.000000288. The third kappa shape index (κ3) is 28.0. The number of nitrogens with one attached hydrogen (secondary N) is 1. The number of hydrogen-bond acceptors (Lipinski definition) is 9. The highest BCUT2D eigenvalue weighted by molar-refractivity contribution is 5.94. The Bertz CT molecular complexity index is 1710. The maximum atomic E-state index is 11.7. The van der Waals surface area contributed by atoms with Crippen molar-refractivity contribution in [2.24, 2.45) is 22.9 Å². The second kappa shape index (κ2) is 35.5. The number of unbranched alkanes of at least 4 members (excludes halogenated alkanes) is 5. The van der Waals surface area contributed by atoms with E-state index < -0.39 is 12.0 Å². The molecule has 0 aliphatic heterocycles. The van der Waals surface area contributed by atoms with Gasteiger partial charge in [0, 0.05) is 18.7 Å². The van der Waals surface area contributed by atoms with Crippen LogP contribution in [0.2, 0.25) is 0 Å². The summed E-state index contributed by atoms with van der Waals surface area (Å²) < 4.78 is 16.4. The number of amides is 1. The molecule has 0 heterocycles. The van der Waals surface area contributed by atoms with Crippen LogP contribution in [-0.2, 0) is 45.2 Å². The van der Waals surface area contributed by atoms with Gasteiger partial charge >= 0.3 is 5.97 Å². The molecular weight excluding hydrogens is 767 g/mol. The summed E-state index contributed by atoms with van der Waals surface area (Å²) in [6.07, 6.45) is 7.47. The van der Waals surface area contributed by atoms with Gasteiger partial charge in [0.15, 0.2) is 0 Å². The minimum Gasteiger partial charge on any atom is -0.480 e. The number of carbonyl (C=O) groups excluding carboxylic acids is 1. The molecule has 0 radical (unpaired) electrons. The molecule has 61 heavy (non-hydrogen) atoms. The van der Waals surface area contributed by atoms with Gasteiger partial charge in [0.1, 0.15) is 6.04 Å². The molecular formula is C50H69N5O6. The molecule has 0 saturated heterocycles. The van der Waals surface area contributed by atoms with Gasteiger partial charge in [-0.05, 0) is 60.2 Å². The van der Waals surface area contributed by atoms with E-state index in [0.717, 1.165) is 48.2 Å². The van der Waals surface area contributed by atoms with Crippen molar-refractivity contribution < 1.29 is 28.9 Å². The van der Waals surface area contributed by atoms with Crippen LogP contribution >= 0.6 is 0 Å². The van der Waals surface area contributed by atoms with E-state index in [1.807, 2.05) is 152 Å². The molecule has 0 aromatic heterocycles. The van der Waals surface area contributed by atoms with E-state index in [2.05, 4.69) is 5.32 Å². The summed E-state index contributed by atoms with van der Waals surface area (Å²) in [6, 6.07) is 48.0. The summed E-state index contributed by atoms with van der Waals surface area (Å²) in [6.45, 7) is 5.64. The molecule has 0 aliphatic carbocycles. The van der Waals surface area contributed by atoms with E-state index >= 15 is 0 Å². The lowest BCUT2D eigenvalue weighted by atomic mass is 10.1. The van der Waals surface area contributed by atoms with E-state index in [1.54, 1.807) is 0 Å². The van der Waals surface area contributed by atoms with E-state index in [0.29, 0.717) is 52.6 Å². The predicted octanol–water partition coefficient (Wildman–Crippen LogP) is 7.27. The summed E-state index contributed by atoms with van der Waals surface area (Å²) >= 11 is 0. The number of benzene rings is 5. The van der Waals surface area contributed by atoms with Crippen molar-refractivity contribution in [2.75, 3.05) is 39.5 Å². The third-order valence-electron chi connectivity index (χ3n) is 8.83. The van der Waals surface area contributed by atoms with Crippen LogP contribution in [0.25, 0.3) is 0 Å². The lowest BCUT2D eigenvalue weighted by molar-refractivity contribution is -0.138. The highest BCUT2D eigenvalue weighted by Crippen LogP contribution is 2.06. The van der Waals surface area contributed by atoms with Crippen LogP contribution in [-0.4, -0.2) is 68.5 Å². The van der Waals surface area contributed by atoms with Crippen LogP contribution in [0.15, 0.2) is 152 Å². The quantitative estimate of drug-likeness (QED) is 0.0344. The molecule has 0 saturated carbocycles. The van der Waals surface area contributed by atoms with Gasteiger partial charge in [-0.3, -0.25) is 9.59 Å². The molecule has 0 aliphatic rings. The highest BCUT2D eigenvalue weighted by atomic mass is 16.5. The van der Waals surface area contributed by atoms with Crippen LogP contribution in [0, 0.1) is 0 Å². The van der Waals surface area contributed by atoms with Crippen LogP contribution in [0.3, 0.4) is 0 Å². The van der Waals surface area contributed by atoms with Crippen molar-refractivity contribution in [3.05, 3.63) is 179 Å². The van der Waals surface area contributed by atoms with Gasteiger partial charge in [-0.15, -0.1) is 0 Å². The summed E-state index contributed by atoms with van der Waals surface area (Å²) in [5.74, 6) is -0.933. The first kappa shape index (κ1) is 51.9. The second-order valence-electron chi connectivity index (χ2n) is 14.3. The standard InChI is InChI=1S/C17H21NO2.C15H24N2O.C9H11NO2.C9H13NO/c18-17(13-19-11-15-7-3-1-4-8-15)14-20-12-16-9-5-2-6-10-16;16-12-8-3-1-2-4-9-13-17-15(18)14-10-6-5-7-11-14;10-8(9(11)12)6-7-4-2-1-3-5-7;10-6-7-11-8-9-4-2-1-3-5-9/h1-10,17H,11-14,18H2;5-7,10-11H,1-4,8-9,12-13,16H2,(H,17,18);1-5,8H,6,10H2,(H,11,12);1-5H,6-8,10H2. The summed E-state index contributed by atoms with van der Waals surface area (Å²) in [7, 11) is 0. The smallest absolute Gasteiger partial charge is 0.320 e. The molecule has 1 amide bonds. The number of carboxylic acid groups (broad SMARTS) is 1. The zero-order chi connectivity index (χ0) is 44.0. The average Bonchev–Trinajstić information content (AvgIpc) is 3.30. The Hall–Kier alpha value is -5.24. The Morgan fingerprint density at radius 1 is 0.508 bits per heavy atom. The number of ether oxygens (including phenoxy) is 3. The monoisotopic (exact) mass is 836 g/mol. The second-order valence-corrected chi connectivity index (χ2v) is 14.3. The van der Waals surface area contributed by atoms with Crippen LogP contribution in [0.1, 0.15) is 71.1 Å². The predicted molar refractivity (Wildman–Crippen MR) is 247 cm³/mol. The molecule has 5 rings (SSSR count). The first-order valence-electron chi connectivity index (χ1n) is 21.2. The highest BCUT2D eigenvalue weighted by Gasteiger charge is 2.11. The van der Waals surface area contributed by atoms with E-state index in [-0.39, 0.29) is 11.9 Å². The topological polar surface area (TPSA) is 198 Å². The van der Waals surface area contributed by atoms with E-state index in [9.17, 15) is 9.59 Å². The molecule has 0 bridgehead atoms. The van der Waals surface area contributed by atoms with Crippen LogP contribution in [0.5, 0.6) is 0 Å². The summed E-state index contributed by atoms with van der Waals surface area (Å²) in [4.78, 5) is 22.1. The first-order valence-corrected chi connectivity index (χ1v) is 21.2. The van der Waals surface area contributed by atoms with E-state index in [1.165, 1.54) is 31.2 Å². The van der Waals surface area contributed by atoms with Gasteiger partial charge in [-0.2, -0.15) is 0 Å². The maximum absolute atomic E-state index is 11.7. The molecule has 1 atom stereocenters. The van der Waals surface area contributed by atoms with Crippen molar-refractivity contribution in [3.63, 3.8) is 0 Å². The van der Waals surface area contributed by atoms with Gasteiger partial charge in [0.05, 0.1) is 45.7 Å². The first-order chi connectivity index (χ1) is 29.8. The molecule has 5 aromatic rings. The number of aliphatic carboxylic acids is 1. The number of rotatable bonds is 24. The average molecular weight is 836 g/mol. The van der Waals surface area contributed by atoms with Crippen molar-refractivity contribution in [2.45, 2.75) is 76.9 Å². The molecule has 11 heteroatoms. The van der Waals surface area contributed by atoms with Crippen LogP contribution < -0.4 is 28.3 Å². The fourth-order valence-corrected chi connectivity index (χ4v) is 5.53. The zero-order valence-electron chi connectivity index (χ0n) is 35.7.